The number of ether oxygens (including phenoxy) is 1. The lowest BCUT2D eigenvalue weighted by atomic mass is 9.77. The number of thioether (sulfide) groups is 1. The Morgan fingerprint density at radius 3 is 2.33 bits per heavy atom. The predicted octanol–water partition coefficient (Wildman–Crippen LogP) is 4.28. The number of aliphatic hydroxyl groups excluding tert-OH is 1. The topological polar surface area (TPSA) is 90.4 Å². The van der Waals surface area contributed by atoms with Crippen molar-refractivity contribution in [2.24, 2.45) is 17.3 Å². The van der Waals surface area contributed by atoms with Gasteiger partial charge in [-0.25, -0.2) is 0 Å². The van der Waals surface area contributed by atoms with Gasteiger partial charge in [0.15, 0.2) is 0 Å². The first-order valence-corrected chi connectivity index (χ1v) is 15.9. The second-order valence-electron chi connectivity index (χ2n) is 13.8. The van der Waals surface area contributed by atoms with Crippen LogP contribution >= 0.6 is 11.8 Å². The summed E-state index contributed by atoms with van der Waals surface area (Å²) < 4.78 is 4.67. The minimum atomic E-state index is -0.915. The van der Waals surface area contributed by atoms with Crippen molar-refractivity contribution in [3.8, 4) is 5.75 Å². The fraction of sp³-hybridized carbons (Fsp3) is 0.606. The van der Waals surface area contributed by atoms with Crippen molar-refractivity contribution in [2.45, 2.75) is 82.5 Å². The maximum atomic E-state index is 14.7. The van der Waals surface area contributed by atoms with Gasteiger partial charge in [0.05, 0.1) is 35.8 Å². The van der Waals surface area contributed by atoms with Crippen molar-refractivity contribution in [1.82, 2.24) is 9.80 Å². The quantitative estimate of drug-likeness (QED) is 0.474. The van der Waals surface area contributed by atoms with E-state index in [9.17, 15) is 19.5 Å². The Morgan fingerprint density at radius 1 is 1.02 bits per heavy atom. The van der Waals surface area contributed by atoms with E-state index in [-0.39, 0.29) is 35.0 Å². The normalized spacial score (nSPS) is 30.2. The molecule has 1 spiro atoms. The monoisotopic (exact) mass is 595 g/mol. The molecule has 4 aliphatic heterocycles. The largest absolute Gasteiger partial charge is 0.494 e. The lowest BCUT2D eigenvalue weighted by Gasteiger charge is -2.45. The van der Waals surface area contributed by atoms with E-state index in [1.165, 1.54) is 0 Å². The first-order chi connectivity index (χ1) is 19.8. The van der Waals surface area contributed by atoms with E-state index in [4.69, 9.17) is 4.74 Å². The molecule has 42 heavy (non-hydrogen) atoms. The van der Waals surface area contributed by atoms with Gasteiger partial charge in [0.1, 0.15) is 11.8 Å². The SMILES string of the molecule is CCOc1ccc(N2CC=C[C@H]3S[C@]45C=CCN(C(C)(C)CC(C)(C)C)C(=O)C4N([C@H](C)CO)C(=O)[C@@H]5[C@H]3C2=O)cc1. The average Bonchev–Trinajstić information content (AvgIpc) is 3.23. The summed E-state index contributed by atoms with van der Waals surface area (Å²) >= 11 is 1.57. The number of hydrogen-bond acceptors (Lipinski definition) is 6. The van der Waals surface area contributed by atoms with Crippen molar-refractivity contribution in [1.29, 1.82) is 0 Å². The number of rotatable bonds is 7. The highest BCUT2D eigenvalue weighted by molar-refractivity contribution is 8.02. The molecule has 5 rings (SSSR count). The summed E-state index contributed by atoms with van der Waals surface area (Å²) in [6, 6.07) is 6.07. The Labute approximate surface area is 254 Å². The molecule has 1 unspecified atom stereocenters. The molecule has 0 aliphatic carbocycles. The smallest absolute Gasteiger partial charge is 0.247 e. The van der Waals surface area contributed by atoms with Crippen LogP contribution in [0.4, 0.5) is 5.69 Å². The zero-order valence-electron chi connectivity index (χ0n) is 25.9. The first-order valence-electron chi connectivity index (χ1n) is 15.1. The number of fused-ring (bicyclic) bond motifs is 2. The van der Waals surface area contributed by atoms with Crippen LogP contribution < -0.4 is 9.64 Å². The van der Waals surface area contributed by atoms with Gasteiger partial charge < -0.3 is 24.5 Å². The van der Waals surface area contributed by atoms with Crippen molar-refractivity contribution in [2.75, 3.05) is 31.2 Å². The van der Waals surface area contributed by atoms with Gasteiger partial charge in [0.2, 0.25) is 17.7 Å². The van der Waals surface area contributed by atoms with Crippen LogP contribution in [0.2, 0.25) is 0 Å². The fourth-order valence-corrected chi connectivity index (χ4v) is 9.69. The van der Waals surface area contributed by atoms with Crippen LogP contribution in [0.1, 0.15) is 54.9 Å². The molecule has 0 saturated carbocycles. The molecule has 6 atom stereocenters. The summed E-state index contributed by atoms with van der Waals surface area (Å²) in [7, 11) is 0. The highest BCUT2D eigenvalue weighted by Gasteiger charge is 2.72. The van der Waals surface area contributed by atoms with E-state index < -0.39 is 34.2 Å². The first kappa shape index (κ1) is 30.7. The molecule has 3 amide bonds. The number of likely N-dealkylation sites (tertiary alicyclic amines) is 1. The highest BCUT2D eigenvalue weighted by Crippen LogP contribution is 2.61. The van der Waals surface area contributed by atoms with Crippen molar-refractivity contribution in [3.63, 3.8) is 0 Å². The van der Waals surface area contributed by atoms with E-state index in [1.54, 1.807) is 28.5 Å². The van der Waals surface area contributed by atoms with Gasteiger partial charge in [-0.3, -0.25) is 14.4 Å². The zero-order chi connectivity index (χ0) is 30.6. The minimum absolute atomic E-state index is 0.0135. The third kappa shape index (κ3) is 5.06. The third-order valence-electron chi connectivity index (χ3n) is 8.99. The number of nitrogens with zero attached hydrogens (tertiary/aromatic N) is 3. The van der Waals surface area contributed by atoms with Gasteiger partial charge in [-0.1, -0.05) is 45.1 Å². The Hall–Kier alpha value is -2.78. The van der Waals surface area contributed by atoms with Gasteiger partial charge >= 0.3 is 0 Å². The summed E-state index contributed by atoms with van der Waals surface area (Å²) in [6.45, 7) is 15.5. The van der Waals surface area contributed by atoms with Crippen molar-refractivity contribution >= 4 is 35.2 Å². The molecule has 1 aromatic rings. The van der Waals surface area contributed by atoms with Crippen LogP contribution in [0.25, 0.3) is 0 Å². The molecule has 2 saturated heterocycles. The van der Waals surface area contributed by atoms with E-state index in [0.29, 0.717) is 19.7 Å². The summed E-state index contributed by atoms with van der Waals surface area (Å²) in [5.41, 5.74) is 0.263. The molecule has 1 N–H and O–H groups in total. The summed E-state index contributed by atoms with van der Waals surface area (Å²) in [4.78, 5) is 48.7. The third-order valence-corrected chi connectivity index (χ3v) is 10.7. The summed E-state index contributed by atoms with van der Waals surface area (Å²) in [6.07, 6.45) is 8.88. The van der Waals surface area contributed by atoms with E-state index in [0.717, 1.165) is 17.9 Å². The molecule has 4 aliphatic rings. The summed E-state index contributed by atoms with van der Waals surface area (Å²) in [5, 5.41) is 9.99. The van der Waals surface area contributed by atoms with Gasteiger partial charge in [0.25, 0.3) is 0 Å². The van der Waals surface area contributed by atoms with Gasteiger partial charge in [-0.2, -0.15) is 0 Å². The van der Waals surface area contributed by atoms with Crippen LogP contribution in [0.5, 0.6) is 5.75 Å². The number of aliphatic hydroxyl groups is 1. The predicted molar refractivity (Wildman–Crippen MR) is 166 cm³/mol. The molecule has 0 bridgehead atoms. The highest BCUT2D eigenvalue weighted by atomic mass is 32.2. The number of carbonyl (C=O) groups is 3. The number of hydrogen-bond donors (Lipinski definition) is 1. The van der Waals surface area contributed by atoms with Crippen molar-refractivity contribution in [3.05, 3.63) is 48.6 Å². The zero-order valence-corrected chi connectivity index (χ0v) is 26.7. The minimum Gasteiger partial charge on any atom is -0.494 e. The van der Waals surface area contributed by atoms with Crippen LogP contribution in [-0.2, 0) is 14.4 Å². The molecule has 0 aromatic heterocycles. The Morgan fingerprint density at radius 2 is 1.71 bits per heavy atom. The fourth-order valence-electron chi connectivity index (χ4n) is 7.70. The van der Waals surface area contributed by atoms with Gasteiger partial charge in [-0.05, 0) is 63.8 Å². The second-order valence-corrected chi connectivity index (χ2v) is 15.3. The molecule has 228 valence electrons. The van der Waals surface area contributed by atoms with E-state index in [1.807, 2.05) is 60.4 Å². The Kier molecular flexibility index (Phi) is 8.07. The van der Waals surface area contributed by atoms with Gasteiger partial charge in [0, 0.05) is 29.6 Å². The molecule has 9 heteroatoms. The Balaban J connectivity index is 1.56. The maximum absolute atomic E-state index is 14.7. The molecule has 1 aromatic carbocycles. The maximum Gasteiger partial charge on any atom is 0.247 e. The van der Waals surface area contributed by atoms with Crippen LogP contribution in [0.3, 0.4) is 0 Å². The molecule has 4 heterocycles. The number of amides is 3. The number of anilines is 1. The lowest BCUT2D eigenvalue weighted by molar-refractivity contribution is -0.148. The van der Waals surface area contributed by atoms with Crippen LogP contribution in [0.15, 0.2) is 48.6 Å². The molecule has 8 nitrogen and oxygen atoms in total. The number of benzene rings is 1. The van der Waals surface area contributed by atoms with Crippen molar-refractivity contribution < 1.29 is 24.2 Å². The Bertz CT molecular complexity index is 1290. The van der Waals surface area contributed by atoms with Crippen LogP contribution in [-0.4, -0.2) is 86.6 Å². The number of carbonyl (C=O) groups excluding carboxylic acids is 3. The molecular formula is C33H45N3O5S. The average molecular weight is 596 g/mol. The molecule has 0 radical (unpaired) electrons. The van der Waals surface area contributed by atoms with Gasteiger partial charge in [-0.15, -0.1) is 11.8 Å². The van der Waals surface area contributed by atoms with Crippen LogP contribution in [0, 0.1) is 17.3 Å². The summed E-state index contributed by atoms with van der Waals surface area (Å²) in [5.74, 6) is -1.10. The van der Waals surface area contributed by atoms with E-state index in [2.05, 4.69) is 34.6 Å². The van der Waals surface area contributed by atoms with E-state index >= 15 is 0 Å². The molecule has 2 fully saturated rings. The standard InChI is InChI=1S/C33H45N3O5S/c1-8-41-23-14-12-22(13-15-23)34-17-9-11-24-25(28(34)38)26-29(39)36(21(2)19-37)27-30(40)35(18-10-16-33(26,27)42-24)32(6,7)20-31(3,4)5/h9-16,21,24-27,37H,8,17-20H2,1-7H3/t21-,24-,25+,26+,27?,33+/m1/s1. The molecular weight excluding hydrogens is 550 g/mol. The second kappa shape index (κ2) is 11.1. The lowest BCUT2D eigenvalue weighted by Crippen LogP contribution is -2.60.